The molecule has 17 nitrogen and oxygen atoms in total. The third-order valence-corrected chi connectivity index (χ3v) is 11.3. The Morgan fingerprint density at radius 2 is 1.31 bits per heavy atom. The maximum atomic E-state index is 14.4. The van der Waals surface area contributed by atoms with Crippen LogP contribution in [0.15, 0.2) is 60.7 Å². The van der Waals surface area contributed by atoms with E-state index in [1.54, 1.807) is 41.5 Å². The number of hydrogen-bond donors (Lipinski definition) is 6. The third-order valence-electron chi connectivity index (χ3n) is 11.3. The number of carboxylic acid groups (broad SMARTS) is 1. The van der Waals surface area contributed by atoms with Crippen LogP contribution in [-0.4, -0.2) is 124 Å². The molecule has 2 aromatic rings. The van der Waals surface area contributed by atoms with E-state index < -0.39 is 83.2 Å². The van der Waals surface area contributed by atoms with Gasteiger partial charge in [-0.3, -0.25) is 28.9 Å². The van der Waals surface area contributed by atoms with Crippen molar-refractivity contribution in [3.8, 4) is 0 Å². The van der Waals surface area contributed by atoms with Crippen molar-refractivity contribution in [2.45, 2.75) is 155 Å². The van der Waals surface area contributed by atoms with Crippen molar-refractivity contribution in [1.29, 1.82) is 0 Å². The number of ether oxygens (including phenoxy) is 2. The second-order valence-corrected chi connectivity index (χ2v) is 20.4. The summed E-state index contributed by atoms with van der Waals surface area (Å²) in [7, 11) is 0. The first-order valence-corrected chi connectivity index (χ1v) is 23.5. The summed E-state index contributed by atoms with van der Waals surface area (Å²) < 4.78 is 11.1. The first kappa shape index (κ1) is 55.6. The van der Waals surface area contributed by atoms with Gasteiger partial charge in [-0.2, -0.15) is 0 Å². The number of hydrogen-bond acceptors (Lipinski definition) is 10. The predicted molar refractivity (Wildman–Crippen MR) is 256 cm³/mol. The lowest BCUT2D eigenvalue weighted by Crippen LogP contribution is -2.60. The van der Waals surface area contributed by atoms with E-state index in [-0.39, 0.29) is 76.0 Å². The van der Waals surface area contributed by atoms with Crippen LogP contribution >= 0.6 is 0 Å². The van der Waals surface area contributed by atoms with Gasteiger partial charge in [0.15, 0.2) is 0 Å². The van der Waals surface area contributed by atoms with E-state index in [2.05, 4.69) is 21.3 Å². The zero-order valence-electron chi connectivity index (χ0n) is 41.3. The number of amides is 6. The number of likely N-dealkylation sites (tertiary alicyclic amines) is 1. The lowest BCUT2D eigenvalue weighted by Gasteiger charge is -2.38. The average Bonchev–Trinajstić information content (AvgIpc) is 3.23. The number of nitrogens with one attached hydrogen (secondary N) is 4. The van der Waals surface area contributed by atoms with Crippen molar-refractivity contribution in [2.75, 3.05) is 32.7 Å². The summed E-state index contributed by atoms with van der Waals surface area (Å²) >= 11 is 0. The van der Waals surface area contributed by atoms with Crippen molar-refractivity contribution in [1.82, 2.24) is 31.1 Å². The van der Waals surface area contributed by atoms with Crippen molar-refractivity contribution in [3.05, 3.63) is 71.8 Å². The molecule has 4 unspecified atom stereocenters. The summed E-state index contributed by atoms with van der Waals surface area (Å²) in [5.41, 5.74) is 4.82. The van der Waals surface area contributed by atoms with Gasteiger partial charge in [0.25, 0.3) is 0 Å². The van der Waals surface area contributed by atoms with Crippen molar-refractivity contribution >= 4 is 41.8 Å². The largest absolute Gasteiger partial charge is 0.480 e. The predicted octanol–water partition coefficient (Wildman–Crippen LogP) is 5.51. The molecular weight excluding hydrogens is 859 g/mol. The fourth-order valence-corrected chi connectivity index (χ4v) is 7.68. The highest BCUT2D eigenvalue weighted by molar-refractivity contribution is 5.95. The van der Waals surface area contributed by atoms with Crippen molar-refractivity contribution in [3.63, 3.8) is 0 Å². The van der Waals surface area contributed by atoms with Crippen LogP contribution < -0.4 is 27.0 Å². The topological polar surface area (TPSA) is 239 Å². The van der Waals surface area contributed by atoms with Crippen LogP contribution in [-0.2, 0) is 39.9 Å². The quantitative estimate of drug-likeness (QED) is 0.0806. The van der Waals surface area contributed by atoms with E-state index in [1.807, 2.05) is 88.4 Å². The molecule has 4 atom stereocenters. The highest BCUT2D eigenvalue weighted by atomic mass is 16.6. The summed E-state index contributed by atoms with van der Waals surface area (Å²) in [4.78, 5) is 97.5. The average molecular weight is 936 g/mol. The molecule has 0 aliphatic carbocycles. The number of carbonyl (C=O) groups is 7. The summed E-state index contributed by atoms with van der Waals surface area (Å²) in [6, 6.07) is 15.4. The Bertz CT molecular complexity index is 1940. The van der Waals surface area contributed by atoms with Crippen LogP contribution in [0.25, 0.3) is 0 Å². The summed E-state index contributed by atoms with van der Waals surface area (Å²) in [5.74, 6) is -3.60. The molecule has 1 heterocycles. The maximum Gasteiger partial charge on any atom is 0.410 e. The highest BCUT2D eigenvalue weighted by Crippen LogP contribution is 2.27. The van der Waals surface area contributed by atoms with Gasteiger partial charge in [0.2, 0.25) is 23.6 Å². The molecule has 1 saturated heterocycles. The molecule has 2 aromatic carbocycles. The van der Waals surface area contributed by atoms with E-state index in [4.69, 9.17) is 15.2 Å². The third kappa shape index (κ3) is 19.6. The molecule has 1 fully saturated rings. The Kier molecular flexibility index (Phi) is 21.1. The monoisotopic (exact) mass is 936 g/mol. The molecule has 0 bridgehead atoms. The fraction of sp³-hybridized carbons (Fsp3) is 0.620. The van der Waals surface area contributed by atoms with Crippen molar-refractivity contribution < 1.29 is 48.1 Å². The normalized spacial score (nSPS) is 15.6. The Morgan fingerprint density at radius 1 is 0.761 bits per heavy atom. The molecule has 0 saturated carbocycles. The number of piperidine rings is 1. The standard InChI is InChI=1S/C50H77N7O10/c1-33(2)29-39(42(59)54-38(23-17-18-26-52-46(64)66-48(5,6)7)44(61)56-27-24-50(51,25-28-56)45(62)63)55-43(60)40(30-35-19-13-11-14-20-35)53-41(58)32-57(47(65)67-49(8,9)10)31-37(34(3)4)36-21-15-12-16-22-36/h11-16,19-22,33-34,37-40H,17-18,23-32,51H2,1-10H3,(H,52,64)(H,53,58)(H,54,59)(H,55,60)(H,62,63). The Hall–Kier alpha value is -5.71. The van der Waals surface area contributed by atoms with Crippen LogP contribution in [0.4, 0.5) is 9.59 Å². The van der Waals surface area contributed by atoms with Gasteiger partial charge in [-0.15, -0.1) is 0 Å². The molecule has 1 aliphatic heterocycles. The van der Waals surface area contributed by atoms with Gasteiger partial charge in [-0.05, 0) is 103 Å². The number of carboxylic acids is 1. The molecule has 67 heavy (non-hydrogen) atoms. The van der Waals surface area contributed by atoms with Crippen LogP contribution in [0.1, 0.15) is 125 Å². The summed E-state index contributed by atoms with van der Waals surface area (Å²) in [6.07, 6.45) is 0.0675. The van der Waals surface area contributed by atoms with Crippen molar-refractivity contribution in [2.24, 2.45) is 17.6 Å². The van der Waals surface area contributed by atoms with E-state index >= 15 is 0 Å². The number of nitrogens with zero attached hydrogens (tertiary/aromatic N) is 2. The molecule has 3 rings (SSSR count). The van der Waals surface area contributed by atoms with Crippen LogP contribution in [0, 0.1) is 11.8 Å². The van der Waals surface area contributed by atoms with Gasteiger partial charge in [0.1, 0.15) is 41.4 Å². The molecule has 6 amide bonds. The Morgan fingerprint density at radius 3 is 1.85 bits per heavy atom. The number of unbranched alkanes of at least 4 members (excludes halogenated alkanes) is 1. The second kappa shape index (κ2) is 25.4. The van der Waals surface area contributed by atoms with Gasteiger partial charge in [-0.1, -0.05) is 88.4 Å². The summed E-state index contributed by atoms with van der Waals surface area (Å²) in [5, 5.41) is 21.0. The van der Waals surface area contributed by atoms with Gasteiger partial charge in [-0.25, -0.2) is 9.59 Å². The zero-order chi connectivity index (χ0) is 50.1. The van der Waals surface area contributed by atoms with Crippen LogP contribution in [0.3, 0.4) is 0 Å². The smallest absolute Gasteiger partial charge is 0.410 e. The minimum Gasteiger partial charge on any atom is -0.480 e. The van der Waals surface area contributed by atoms with Gasteiger partial charge < -0.3 is 46.5 Å². The Balaban J connectivity index is 1.87. The van der Waals surface area contributed by atoms with Crippen LogP contribution in [0.2, 0.25) is 0 Å². The molecule has 1 aliphatic rings. The number of rotatable bonds is 22. The molecular formula is C50H77N7O10. The second-order valence-electron chi connectivity index (χ2n) is 20.4. The van der Waals surface area contributed by atoms with Crippen LogP contribution in [0.5, 0.6) is 0 Å². The molecule has 17 heteroatoms. The highest BCUT2D eigenvalue weighted by Gasteiger charge is 2.41. The van der Waals surface area contributed by atoms with E-state index in [1.165, 1.54) is 9.80 Å². The molecule has 0 radical (unpaired) electrons. The number of alkyl carbamates (subject to hydrolysis) is 1. The molecule has 0 spiro atoms. The zero-order valence-corrected chi connectivity index (χ0v) is 41.3. The van der Waals surface area contributed by atoms with E-state index in [0.29, 0.717) is 12.8 Å². The van der Waals surface area contributed by atoms with Gasteiger partial charge in [0.05, 0.1) is 0 Å². The van der Waals surface area contributed by atoms with Gasteiger partial charge in [0, 0.05) is 38.5 Å². The fourth-order valence-electron chi connectivity index (χ4n) is 7.68. The Labute approximate surface area is 397 Å². The van der Waals surface area contributed by atoms with E-state index in [0.717, 1.165) is 11.1 Å². The minimum absolute atomic E-state index is 0.0238. The number of benzene rings is 2. The molecule has 372 valence electrons. The lowest BCUT2D eigenvalue weighted by molar-refractivity contribution is -0.148. The number of carbonyl (C=O) groups excluding carboxylic acids is 6. The minimum atomic E-state index is -1.48. The SMILES string of the molecule is CC(C)CC(NC(=O)C(Cc1ccccc1)NC(=O)CN(CC(c1ccccc1)C(C)C)C(=O)OC(C)(C)C)C(=O)NC(CCCCNC(=O)OC(C)(C)C)C(=O)N1CCC(N)(C(=O)O)CC1. The number of aliphatic carboxylic acids is 1. The summed E-state index contributed by atoms with van der Waals surface area (Å²) in [6.45, 7) is 18.5. The number of nitrogens with two attached hydrogens (primary N) is 1. The first-order valence-electron chi connectivity index (χ1n) is 23.5. The lowest BCUT2D eigenvalue weighted by atomic mass is 9.88. The molecule has 0 aromatic heterocycles. The van der Waals surface area contributed by atoms with E-state index in [9.17, 15) is 38.7 Å². The van der Waals surface area contributed by atoms with Gasteiger partial charge >= 0.3 is 18.2 Å². The first-order chi connectivity index (χ1) is 31.3. The maximum absolute atomic E-state index is 14.4. The molecule has 7 N–H and O–H groups in total.